The number of ketones is 1. The molecule has 0 saturated heterocycles. The number of hydrogen-bond acceptors (Lipinski definition) is 4. The summed E-state index contributed by atoms with van der Waals surface area (Å²) in [6.07, 6.45) is 6.28. The van der Waals surface area contributed by atoms with Crippen LogP contribution in [0.1, 0.15) is 56.9 Å². The minimum absolute atomic E-state index is 0.252. The van der Waals surface area contributed by atoms with Crippen LogP contribution in [0.15, 0.2) is 10.6 Å². The number of aryl methyl sites for hydroxylation is 2. The maximum Gasteiger partial charge on any atom is 0.314 e. The molecule has 0 saturated carbocycles. The van der Waals surface area contributed by atoms with E-state index >= 15 is 0 Å². The lowest BCUT2D eigenvalue weighted by molar-refractivity contribution is -0.146. The fourth-order valence-electron chi connectivity index (χ4n) is 2.21. The van der Waals surface area contributed by atoms with Gasteiger partial charge < -0.3 is 9.63 Å². The molecule has 1 atom stereocenters. The van der Waals surface area contributed by atoms with Crippen molar-refractivity contribution >= 4 is 11.8 Å². The lowest BCUT2D eigenvalue weighted by atomic mass is 9.97. The van der Waals surface area contributed by atoms with Gasteiger partial charge >= 0.3 is 5.97 Å². The molecule has 0 spiro atoms. The van der Waals surface area contributed by atoms with Crippen molar-refractivity contribution in [3.8, 4) is 0 Å². The minimum Gasteiger partial charge on any atom is -0.481 e. The zero-order valence-corrected chi connectivity index (χ0v) is 12.2. The van der Waals surface area contributed by atoms with E-state index in [1.807, 2.05) is 13.0 Å². The smallest absolute Gasteiger partial charge is 0.314 e. The van der Waals surface area contributed by atoms with Gasteiger partial charge in [-0.05, 0) is 26.7 Å². The predicted molar refractivity (Wildman–Crippen MR) is 74.5 cm³/mol. The monoisotopic (exact) mass is 281 g/mol. The number of rotatable bonds is 10. The number of aromatic nitrogens is 1. The predicted octanol–water partition coefficient (Wildman–Crippen LogP) is 3.16. The van der Waals surface area contributed by atoms with Crippen molar-refractivity contribution in [2.45, 2.75) is 58.8 Å². The number of carboxylic acids is 1. The largest absolute Gasteiger partial charge is 0.481 e. The van der Waals surface area contributed by atoms with Crippen LogP contribution in [0.5, 0.6) is 0 Å². The third kappa shape index (κ3) is 5.99. The first kappa shape index (κ1) is 16.4. The van der Waals surface area contributed by atoms with Crippen molar-refractivity contribution in [1.82, 2.24) is 5.16 Å². The molecule has 1 N–H and O–H groups in total. The summed E-state index contributed by atoms with van der Waals surface area (Å²) in [6, 6.07) is 1.95. The Kier molecular flexibility index (Phi) is 6.98. The first-order valence-corrected chi connectivity index (χ1v) is 7.16. The Morgan fingerprint density at radius 3 is 2.45 bits per heavy atom. The van der Waals surface area contributed by atoms with Gasteiger partial charge in [0, 0.05) is 12.5 Å². The van der Waals surface area contributed by atoms with E-state index in [1.165, 1.54) is 6.92 Å². The van der Waals surface area contributed by atoms with Crippen LogP contribution in [0.2, 0.25) is 0 Å². The van der Waals surface area contributed by atoms with Crippen LogP contribution in [-0.2, 0) is 16.0 Å². The van der Waals surface area contributed by atoms with Gasteiger partial charge in [-0.15, -0.1) is 0 Å². The van der Waals surface area contributed by atoms with Crippen molar-refractivity contribution < 1.29 is 19.2 Å². The van der Waals surface area contributed by atoms with Crippen molar-refractivity contribution in [2.24, 2.45) is 5.92 Å². The van der Waals surface area contributed by atoms with Gasteiger partial charge in [-0.1, -0.05) is 30.8 Å². The quantitative estimate of drug-likeness (QED) is 0.526. The summed E-state index contributed by atoms with van der Waals surface area (Å²) in [6.45, 7) is 3.25. The lowest BCUT2D eigenvalue weighted by Crippen LogP contribution is -2.21. The average molecular weight is 281 g/mol. The summed E-state index contributed by atoms with van der Waals surface area (Å²) in [4.78, 5) is 21.9. The van der Waals surface area contributed by atoms with E-state index in [4.69, 9.17) is 9.63 Å². The molecule has 0 aliphatic carbocycles. The maximum atomic E-state index is 11.1. The Morgan fingerprint density at radius 1 is 1.25 bits per heavy atom. The van der Waals surface area contributed by atoms with Gasteiger partial charge in [0.15, 0.2) is 0 Å². The van der Waals surface area contributed by atoms with Crippen molar-refractivity contribution in [1.29, 1.82) is 0 Å². The van der Waals surface area contributed by atoms with Crippen molar-refractivity contribution in [3.05, 3.63) is 17.5 Å². The summed E-state index contributed by atoms with van der Waals surface area (Å²) >= 11 is 0. The van der Waals surface area contributed by atoms with E-state index < -0.39 is 11.9 Å². The molecule has 0 amide bonds. The highest BCUT2D eigenvalue weighted by Gasteiger charge is 2.21. The standard InChI is InChI=1S/C15H23NO4/c1-11-10-13(20-16-11)8-6-4-3-5-7-9-14(12(2)17)15(18)19/h10,14H,3-9H2,1-2H3,(H,18,19). The van der Waals surface area contributed by atoms with E-state index in [2.05, 4.69) is 5.16 Å². The lowest BCUT2D eigenvalue weighted by Gasteiger charge is -2.07. The third-order valence-corrected chi connectivity index (χ3v) is 3.38. The Balaban J connectivity index is 2.04. The second kappa shape index (κ2) is 8.51. The second-order valence-electron chi connectivity index (χ2n) is 5.24. The Hall–Kier alpha value is -1.65. The topological polar surface area (TPSA) is 80.4 Å². The van der Waals surface area contributed by atoms with Gasteiger partial charge in [-0.3, -0.25) is 9.59 Å². The Morgan fingerprint density at radius 2 is 1.90 bits per heavy atom. The fourth-order valence-corrected chi connectivity index (χ4v) is 2.21. The average Bonchev–Trinajstić information content (AvgIpc) is 2.77. The van der Waals surface area contributed by atoms with Gasteiger partial charge in [0.25, 0.3) is 0 Å². The second-order valence-corrected chi connectivity index (χ2v) is 5.24. The van der Waals surface area contributed by atoms with Crippen LogP contribution in [0.3, 0.4) is 0 Å². The van der Waals surface area contributed by atoms with Crippen LogP contribution < -0.4 is 0 Å². The Bertz CT molecular complexity index is 425. The number of nitrogens with zero attached hydrogens (tertiary/aromatic N) is 1. The van der Waals surface area contributed by atoms with Crippen LogP contribution in [-0.4, -0.2) is 22.0 Å². The van der Waals surface area contributed by atoms with Gasteiger partial charge in [0.05, 0.1) is 5.69 Å². The van der Waals surface area contributed by atoms with Gasteiger partial charge in [-0.25, -0.2) is 0 Å². The van der Waals surface area contributed by atoms with E-state index in [0.29, 0.717) is 6.42 Å². The molecule has 0 radical (unpaired) electrons. The highest BCUT2D eigenvalue weighted by atomic mass is 16.5. The number of carbonyl (C=O) groups is 2. The summed E-state index contributed by atoms with van der Waals surface area (Å²) in [5.74, 6) is -1.16. The number of aliphatic carboxylic acids is 1. The van der Waals surface area contributed by atoms with Crippen LogP contribution in [0.4, 0.5) is 0 Å². The molecular formula is C15H23NO4. The molecule has 5 nitrogen and oxygen atoms in total. The van der Waals surface area contributed by atoms with Gasteiger partial charge in [-0.2, -0.15) is 0 Å². The van der Waals surface area contributed by atoms with Gasteiger partial charge in [0.2, 0.25) is 0 Å². The van der Waals surface area contributed by atoms with E-state index in [1.54, 1.807) is 0 Å². The molecule has 0 fully saturated rings. The highest BCUT2D eigenvalue weighted by molar-refractivity contribution is 5.96. The SMILES string of the molecule is CC(=O)C(CCCCCCCc1cc(C)no1)C(=O)O. The molecule has 20 heavy (non-hydrogen) atoms. The minimum atomic E-state index is -1.00. The zero-order valence-electron chi connectivity index (χ0n) is 12.2. The first-order chi connectivity index (χ1) is 9.50. The molecule has 0 aliphatic rings. The molecule has 1 rings (SSSR count). The highest BCUT2D eigenvalue weighted by Crippen LogP contribution is 2.14. The molecule has 5 heteroatoms. The zero-order chi connectivity index (χ0) is 15.0. The molecule has 0 aromatic carbocycles. The summed E-state index contributed by atoms with van der Waals surface area (Å²) < 4.78 is 5.12. The normalized spacial score (nSPS) is 12.3. The fraction of sp³-hybridized carbons (Fsp3) is 0.667. The van der Waals surface area contributed by atoms with Crippen molar-refractivity contribution in [2.75, 3.05) is 0 Å². The molecule has 0 bridgehead atoms. The molecule has 1 aromatic rings. The number of carboxylic acid groups (broad SMARTS) is 1. The van der Waals surface area contributed by atoms with Gasteiger partial charge in [0.1, 0.15) is 17.5 Å². The van der Waals surface area contributed by atoms with E-state index in [9.17, 15) is 9.59 Å². The number of carbonyl (C=O) groups excluding carboxylic acids is 1. The third-order valence-electron chi connectivity index (χ3n) is 3.38. The molecular weight excluding hydrogens is 258 g/mol. The van der Waals surface area contributed by atoms with E-state index in [-0.39, 0.29) is 5.78 Å². The summed E-state index contributed by atoms with van der Waals surface area (Å²) in [5.41, 5.74) is 0.906. The summed E-state index contributed by atoms with van der Waals surface area (Å²) in [5, 5.41) is 12.7. The van der Waals surface area contributed by atoms with Crippen LogP contribution >= 0.6 is 0 Å². The number of unbranched alkanes of at least 4 members (excludes halogenated alkanes) is 4. The molecule has 112 valence electrons. The number of hydrogen-bond donors (Lipinski definition) is 1. The van der Waals surface area contributed by atoms with Crippen molar-refractivity contribution in [3.63, 3.8) is 0 Å². The summed E-state index contributed by atoms with van der Waals surface area (Å²) in [7, 11) is 0. The molecule has 1 aromatic heterocycles. The maximum absolute atomic E-state index is 11.1. The number of Topliss-reactive ketones (excluding diaryl/α,β-unsaturated/α-hetero) is 1. The molecule has 1 heterocycles. The Labute approximate surface area is 119 Å². The van der Waals surface area contributed by atoms with E-state index in [0.717, 1.165) is 50.0 Å². The molecule has 1 unspecified atom stereocenters. The van der Waals surface area contributed by atoms with Crippen LogP contribution in [0, 0.1) is 12.8 Å². The first-order valence-electron chi connectivity index (χ1n) is 7.16. The van der Waals surface area contributed by atoms with Crippen LogP contribution in [0.25, 0.3) is 0 Å². The molecule has 0 aliphatic heterocycles.